The van der Waals surface area contributed by atoms with Crippen molar-refractivity contribution in [1.82, 2.24) is 4.98 Å². The Kier molecular flexibility index (Phi) is 5.50. The first kappa shape index (κ1) is 20.9. The largest absolute Gasteiger partial charge is 0.453 e. The highest BCUT2D eigenvalue weighted by Gasteiger charge is 2.56. The minimum absolute atomic E-state index is 0.288. The number of nitro groups is 1. The van der Waals surface area contributed by atoms with Gasteiger partial charge in [0, 0.05) is 23.5 Å². The SMILES string of the molecule is O=C(Nc1ccc(F)cc1)C1(C(=O)Nc2cccc(Oc3ccc([N+](=O)[O-])nc3)c2)CC1. The number of anilines is 2. The molecule has 1 aliphatic rings. The Bertz CT molecular complexity index is 1180. The van der Waals surface area contributed by atoms with Gasteiger partial charge in [0.2, 0.25) is 11.8 Å². The summed E-state index contributed by atoms with van der Waals surface area (Å²) in [5.41, 5.74) is -0.362. The van der Waals surface area contributed by atoms with E-state index in [9.17, 15) is 24.1 Å². The molecule has 162 valence electrons. The van der Waals surface area contributed by atoms with Crippen molar-refractivity contribution in [2.75, 3.05) is 10.6 Å². The van der Waals surface area contributed by atoms with Gasteiger partial charge in [-0.25, -0.2) is 4.39 Å². The predicted molar refractivity (Wildman–Crippen MR) is 113 cm³/mol. The molecule has 0 spiro atoms. The second-order valence-corrected chi connectivity index (χ2v) is 7.24. The highest BCUT2D eigenvalue weighted by atomic mass is 19.1. The van der Waals surface area contributed by atoms with Crippen LogP contribution in [-0.2, 0) is 9.59 Å². The van der Waals surface area contributed by atoms with Crippen LogP contribution in [0.25, 0.3) is 0 Å². The second-order valence-electron chi connectivity index (χ2n) is 7.24. The summed E-state index contributed by atoms with van der Waals surface area (Å²) < 4.78 is 18.7. The summed E-state index contributed by atoms with van der Waals surface area (Å²) in [6.45, 7) is 0. The quantitative estimate of drug-likeness (QED) is 0.324. The summed E-state index contributed by atoms with van der Waals surface area (Å²) in [4.78, 5) is 39.2. The Hall–Kier alpha value is -4.34. The molecule has 2 amide bonds. The number of ether oxygens (including phenoxy) is 1. The van der Waals surface area contributed by atoms with E-state index >= 15 is 0 Å². The Morgan fingerprint density at radius 3 is 2.25 bits per heavy atom. The third kappa shape index (κ3) is 4.53. The molecule has 2 N–H and O–H groups in total. The maximum Gasteiger partial charge on any atom is 0.363 e. The number of hydrogen-bond acceptors (Lipinski definition) is 6. The number of hydrogen-bond donors (Lipinski definition) is 2. The molecule has 1 saturated carbocycles. The van der Waals surface area contributed by atoms with E-state index in [0.29, 0.717) is 30.0 Å². The normalized spacial score (nSPS) is 13.7. The number of carbonyl (C=O) groups is 2. The molecule has 10 heteroatoms. The van der Waals surface area contributed by atoms with Gasteiger partial charge in [-0.3, -0.25) is 9.59 Å². The first-order valence-electron chi connectivity index (χ1n) is 9.63. The molecule has 0 radical (unpaired) electrons. The van der Waals surface area contributed by atoms with Gasteiger partial charge >= 0.3 is 5.82 Å². The first-order valence-corrected chi connectivity index (χ1v) is 9.63. The van der Waals surface area contributed by atoms with Crippen LogP contribution < -0.4 is 15.4 Å². The van der Waals surface area contributed by atoms with Gasteiger partial charge in [0.15, 0.2) is 11.9 Å². The Morgan fingerprint density at radius 2 is 1.66 bits per heavy atom. The van der Waals surface area contributed by atoms with Crippen molar-refractivity contribution in [2.45, 2.75) is 12.8 Å². The minimum atomic E-state index is -1.19. The zero-order chi connectivity index (χ0) is 22.7. The molecule has 0 bridgehead atoms. The van der Waals surface area contributed by atoms with Crippen LogP contribution in [0.2, 0.25) is 0 Å². The molecular formula is C22H17FN4O5. The third-order valence-electron chi connectivity index (χ3n) is 4.96. The molecule has 1 heterocycles. The third-order valence-corrected chi connectivity index (χ3v) is 4.96. The standard InChI is InChI=1S/C22H17FN4O5/c23-14-4-6-15(7-5-14)25-20(28)22(10-11-22)21(29)26-16-2-1-3-17(12-16)32-18-8-9-19(24-13-18)27(30)31/h1-9,12-13H,10-11H2,(H,25,28)(H,26,29). The summed E-state index contributed by atoms with van der Waals surface area (Å²) in [7, 11) is 0. The molecule has 32 heavy (non-hydrogen) atoms. The topological polar surface area (TPSA) is 123 Å². The van der Waals surface area contributed by atoms with Crippen molar-refractivity contribution < 1.29 is 23.6 Å². The lowest BCUT2D eigenvalue weighted by Crippen LogP contribution is -2.35. The van der Waals surface area contributed by atoms with Crippen LogP contribution in [0.4, 0.5) is 21.6 Å². The van der Waals surface area contributed by atoms with Crippen LogP contribution in [0.1, 0.15) is 12.8 Å². The van der Waals surface area contributed by atoms with Gasteiger partial charge in [-0.1, -0.05) is 6.07 Å². The number of amides is 2. The fourth-order valence-electron chi connectivity index (χ4n) is 3.03. The van der Waals surface area contributed by atoms with E-state index in [1.807, 2.05) is 0 Å². The number of rotatable bonds is 7. The van der Waals surface area contributed by atoms with Crippen LogP contribution in [-0.4, -0.2) is 21.7 Å². The molecule has 1 aromatic heterocycles. The summed E-state index contributed by atoms with van der Waals surface area (Å²) >= 11 is 0. The number of halogens is 1. The second kappa shape index (κ2) is 8.42. The van der Waals surface area contributed by atoms with Crippen LogP contribution in [0.5, 0.6) is 11.5 Å². The average molecular weight is 436 g/mol. The minimum Gasteiger partial charge on any atom is -0.453 e. The average Bonchev–Trinajstić information content (AvgIpc) is 3.58. The fraction of sp³-hybridized carbons (Fsp3) is 0.136. The Morgan fingerprint density at radius 1 is 0.969 bits per heavy atom. The maximum absolute atomic E-state index is 13.0. The maximum atomic E-state index is 13.0. The van der Waals surface area contributed by atoms with E-state index < -0.39 is 28.0 Å². The zero-order valence-corrected chi connectivity index (χ0v) is 16.6. The molecule has 2 aromatic carbocycles. The van der Waals surface area contributed by atoms with Crippen molar-refractivity contribution in [1.29, 1.82) is 0 Å². The van der Waals surface area contributed by atoms with E-state index in [0.717, 1.165) is 0 Å². The first-order chi connectivity index (χ1) is 15.4. The Labute approximate surface area is 181 Å². The number of nitrogens with zero attached hydrogens (tertiary/aromatic N) is 2. The van der Waals surface area contributed by atoms with Gasteiger partial charge in [-0.15, -0.1) is 0 Å². The Balaban J connectivity index is 1.41. The van der Waals surface area contributed by atoms with E-state index in [1.165, 1.54) is 42.6 Å². The fourth-order valence-corrected chi connectivity index (χ4v) is 3.03. The smallest absolute Gasteiger partial charge is 0.363 e. The molecule has 9 nitrogen and oxygen atoms in total. The monoisotopic (exact) mass is 436 g/mol. The molecule has 0 aliphatic heterocycles. The van der Waals surface area contributed by atoms with Gasteiger partial charge in [-0.05, 0) is 65.2 Å². The van der Waals surface area contributed by atoms with Crippen LogP contribution >= 0.6 is 0 Å². The molecule has 3 aromatic rings. The van der Waals surface area contributed by atoms with Crippen molar-refractivity contribution in [2.24, 2.45) is 5.41 Å². The summed E-state index contributed by atoms with van der Waals surface area (Å²) in [6.07, 6.45) is 2.02. The van der Waals surface area contributed by atoms with Crippen LogP contribution in [0.15, 0.2) is 66.9 Å². The highest BCUT2D eigenvalue weighted by molar-refractivity contribution is 6.16. The van der Waals surface area contributed by atoms with Gasteiger partial charge in [0.1, 0.15) is 17.0 Å². The number of pyridine rings is 1. The number of carbonyl (C=O) groups excluding carboxylic acids is 2. The molecule has 1 fully saturated rings. The predicted octanol–water partition coefficient (Wildman–Crippen LogP) is 4.28. The highest BCUT2D eigenvalue weighted by Crippen LogP contribution is 2.47. The summed E-state index contributed by atoms with van der Waals surface area (Å²) in [5.74, 6) is -0.965. The zero-order valence-electron chi connectivity index (χ0n) is 16.6. The van der Waals surface area contributed by atoms with E-state index in [-0.39, 0.29) is 11.6 Å². The number of aromatic nitrogens is 1. The number of nitrogens with one attached hydrogen (secondary N) is 2. The van der Waals surface area contributed by atoms with Crippen molar-refractivity contribution >= 4 is 29.0 Å². The van der Waals surface area contributed by atoms with Crippen LogP contribution in [0, 0.1) is 21.3 Å². The summed E-state index contributed by atoms with van der Waals surface area (Å²) in [6, 6.07) is 14.4. The molecule has 1 aliphatic carbocycles. The molecular weight excluding hydrogens is 419 g/mol. The van der Waals surface area contributed by atoms with Gasteiger partial charge in [0.05, 0.1) is 0 Å². The molecule has 0 unspecified atom stereocenters. The van der Waals surface area contributed by atoms with Crippen molar-refractivity contribution in [3.05, 3.63) is 82.8 Å². The molecule has 0 saturated heterocycles. The lowest BCUT2D eigenvalue weighted by atomic mass is 10.0. The van der Waals surface area contributed by atoms with Gasteiger partial charge < -0.3 is 25.5 Å². The van der Waals surface area contributed by atoms with E-state index in [4.69, 9.17) is 4.74 Å². The van der Waals surface area contributed by atoms with E-state index in [1.54, 1.807) is 24.3 Å². The summed E-state index contributed by atoms with van der Waals surface area (Å²) in [5, 5.41) is 16.1. The lowest BCUT2D eigenvalue weighted by Gasteiger charge is -2.16. The molecule has 4 rings (SSSR count). The van der Waals surface area contributed by atoms with Gasteiger partial charge in [0.25, 0.3) is 0 Å². The van der Waals surface area contributed by atoms with Crippen molar-refractivity contribution in [3.63, 3.8) is 0 Å². The lowest BCUT2D eigenvalue weighted by molar-refractivity contribution is -0.389. The van der Waals surface area contributed by atoms with E-state index in [2.05, 4.69) is 15.6 Å². The number of benzene rings is 2. The van der Waals surface area contributed by atoms with Gasteiger partial charge in [-0.2, -0.15) is 0 Å². The molecule has 0 atom stereocenters. The van der Waals surface area contributed by atoms with Crippen LogP contribution in [0.3, 0.4) is 0 Å². The van der Waals surface area contributed by atoms with Crippen molar-refractivity contribution in [3.8, 4) is 11.5 Å².